The number of aliphatic hydroxyl groups excluding tert-OH is 1. The van der Waals surface area contributed by atoms with Crippen molar-refractivity contribution in [2.45, 2.75) is 6.04 Å². The molecule has 0 saturated carbocycles. The topological polar surface area (TPSA) is 108 Å². The summed E-state index contributed by atoms with van der Waals surface area (Å²) >= 11 is 0. The normalized spacial score (nSPS) is 11.9. The molecular formula is C10H20N2O6. The molecule has 8 nitrogen and oxygen atoms in total. The van der Waals surface area contributed by atoms with Gasteiger partial charge in [-0.25, -0.2) is 9.59 Å². The maximum Gasteiger partial charge on any atom is 0.328 e. The zero-order chi connectivity index (χ0) is 14.0. The first kappa shape index (κ1) is 16.6. The van der Waals surface area contributed by atoms with E-state index in [4.69, 9.17) is 19.7 Å². The molecule has 8 heteroatoms. The third kappa shape index (κ3) is 7.05. The predicted octanol–water partition coefficient (Wildman–Crippen LogP) is -1.26. The highest BCUT2D eigenvalue weighted by Gasteiger charge is 2.21. The number of nitrogens with one attached hydrogen (secondary N) is 1. The van der Waals surface area contributed by atoms with Crippen LogP contribution in [0.15, 0.2) is 0 Å². The highest BCUT2D eigenvalue weighted by molar-refractivity contribution is 5.82. The smallest absolute Gasteiger partial charge is 0.328 e. The molecule has 106 valence electrons. The van der Waals surface area contributed by atoms with Crippen LogP contribution in [0.2, 0.25) is 0 Å². The molecule has 0 aromatic heterocycles. The minimum atomic E-state index is -1.16. The Morgan fingerprint density at radius 2 is 2.06 bits per heavy atom. The van der Waals surface area contributed by atoms with E-state index in [1.807, 2.05) is 0 Å². The summed E-state index contributed by atoms with van der Waals surface area (Å²) in [5.41, 5.74) is 0. The molecule has 0 saturated heterocycles. The van der Waals surface area contributed by atoms with Crippen LogP contribution in [0.3, 0.4) is 0 Å². The minimum Gasteiger partial charge on any atom is -0.480 e. The fraction of sp³-hybridized carbons (Fsp3) is 0.800. The van der Waals surface area contributed by atoms with Gasteiger partial charge in [0.1, 0.15) is 0 Å². The minimum absolute atomic E-state index is 0.0785. The summed E-state index contributed by atoms with van der Waals surface area (Å²) in [6, 6.07) is -1.60. The molecular weight excluding hydrogens is 244 g/mol. The number of amides is 2. The van der Waals surface area contributed by atoms with E-state index in [9.17, 15) is 9.59 Å². The van der Waals surface area contributed by atoms with Crippen molar-refractivity contribution in [1.82, 2.24) is 10.2 Å². The summed E-state index contributed by atoms with van der Waals surface area (Å²) < 4.78 is 9.68. The van der Waals surface area contributed by atoms with Crippen molar-refractivity contribution in [3.63, 3.8) is 0 Å². The second kappa shape index (κ2) is 9.63. The number of aliphatic hydroxyl groups is 1. The molecule has 0 heterocycles. The molecule has 2 amide bonds. The van der Waals surface area contributed by atoms with Gasteiger partial charge in [0.15, 0.2) is 6.04 Å². The van der Waals surface area contributed by atoms with Crippen molar-refractivity contribution >= 4 is 12.0 Å². The largest absolute Gasteiger partial charge is 0.480 e. The molecule has 0 spiro atoms. The Balaban J connectivity index is 4.00. The summed E-state index contributed by atoms with van der Waals surface area (Å²) in [7, 11) is 2.87. The van der Waals surface area contributed by atoms with Crippen LogP contribution in [-0.2, 0) is 14.3 Å². The number of hydrogen-bond donors (Lipinski definition) is 3. The van der Waals surface area contributed by atoms with Crippen LogP contribution in [0.5, 0.6) is 0 Å². The summed E-state index contributed by atoms with van der Waals surface area (Å²) in [6.45, 7) is 0.593. The van der Waals surface area contributed by atoms with E-state index in [1.165, 1.54) is 19.1 Å². The van der Waals surface area contributed by atoms with Gasteiger partial charge in [0.05, 0.1) is 26.4 Å². The fourth-order valence-electron chi connectivity index (χ4n) is 1.07. The van der Waals surface area contributed by atoms with Crippen LogP contribution >= 0.6 is 0 Å². The Labute approximate surface area is 105 Å². The number of hydrogen-bond acceptors (Lipinski definition) is 5. The Hall–Kier alpha value is -1.38. The van der Waals surface area contributed by atoms with Gasteiger partial charge in [-0.2, -0.15) is 0 Å². The zero-order valence-corrected chi connectivity index (χ0v) is 10.6. The van der Waals surface area contributed by atoms with Crippen LogP contribution in [0.1, 0.15) is 0 Å². The Morgan fingerprint density at radius 3 is 2.56 bits per heavy atom. The molecule has 3 N–H and O–H groups in total. The van der Waals surface area contributed by atoms with Crippen molar-refractivity contribution in [2.75, 3.05) is 47.1 Å². The SMILES string of the molecule is COCC(NC(=O)N(C)CCOCCO)C(=O)O. The van der Waals surface area contributed by atoms with Gasteiger partial charge < -0.3 is 29.9 Å². The quantitative estimate of drug-likeness (QED) is 0.448. The van der Waals surface area contributed by atoms with Crippen LogP contribution in [0.25, 0.3) is 0 Å². The molecule has 0 fully saturated rings. The van der Waals surface area contributed by atoms with Crippen molar-refractivity contribution in [1.29, 1.82) is 0 Å². The van der Waals surface area contributed by atoms with Gasteiger partial charge >= 0.3 is 12.0 Å². The van der Waals surface area contributed by atoms with Crippen molar-refractivity contribution < 1.29 is 29.3 Å². The first-order chi connectivity index (χ1) is 8.52. The van der Waals surface area contributed by atoms with E-state index in [0.29, 0.717) is 6.54 Å². The van der Waals surface area contributed by atoms with E-state index in [1.54, 1.807) is 0 Å². The molecule has 0 radical (unpaired) electrons. The Kier molecular flexibility index (Phi) is 8.89. The number of urea groups is 1. The third-order valence-electron chi connectivity index (χ3n) is 2.08. The number of likely N-dealkylation sites (N-methyl/N-ethyl adjacent to an activating group) is 1. The van der Waals surface area contributed by atoms with Crippen molar-refractivity contribution in [3.8, 4) is 0 Å². The lowest BCUT2D eigenvalue weighted by Crippen LogP contribution is -2.49. The van der Waals surface area contributed by atoms with Crippen molar-refractivity contribution in [3.05, 3.63) is 0 Å². The van der Waals surface area contributed by atoms with E-state index in [2.05, 4.69) is 5.32 Å². The standard InChI is InChI=1S/C10H20N2O6/c1-12(3-5-18-6-4-13)10(16)11-8(7-17-2)9(14)15/h8,13H,3-7H2,1-2H3,(H,11,16)(H,14,15). The van der Waals surface area contributed by atoms with Gasteiger partial charge in [-0.3, -0.25) is 0 Å². The van der Waals surface area contributed by atoms with Gasteiger partial charge in [0.2, 0.25) is 0 Å². The number of carbonyl (C=O) groups excluding carboxylic acids is 1. The highest BCUT2D eigenvalue weighted by atomic mass is 16.5. The molecule has 0 aliphatic heterocycles. The number of carbonyl (C=O) groups is 2. The van der Waals surface area contributed by atoms with Crippen LogP contribution < -0.4 is 5.32 Å². The third-order valence-corrected chi connectivity index (χ3v) is 2.08. The molecule has 18 heavy (non-hydrogen) atoms. The lowest BCUT2D eigenvalue weighted by molar-refractivity contribution is -0.140. The first-order valence-corrected chi connectivity index (χ1v) is 5.45. The predicted molar refractivity (Wildman–Crippen MR) is 62.4 cm³/mol. The fourth-order valence-corrected chi connectivity index (χ4v) is 1.07. The number of carboxylic acid groups (broad SMARTS) is 1. The maximum absolute atomic E-state index is 11.6. The Bertz CT molecular complexity index is 261. The van der Waals surface area contributed by atoms with Crippen LogP contribution in [0.4, 0.5) is 4.79 Å². The van der Waals surface area contributed by atoms with Crippen LogP contribution in [-0.4, -0.2) is 80.3 Å². The molecule has 1 unspecified atom stereocenters. The summed E-state index contributed by atoms with van der Waals surface area (Å²) in [4.78, 5) is 23.7. The van der Waals surface area contributed by atoms with Gasteiger partial charge in [-0.15, -0.1) is 0 Å². The number of nitrogens with zero attached hydrogens (tertiary/aromatic N) is 1. The average Bonchev–Trinajstić information content (AvgIpc) is 2.33. The van der Waals surface area contributed by atoms with E-state index < -0.39 is 18.0 Å². The molecule has 0 bridgehead atoms. The molecule has 0 aromatic rings. The number of ether oxygens (including phenoxy) is 2. The van der Waals surface area contributed by atoms with Crippen molar-refractivity contribution in [2.24, 2.45) is 0 Å². The second-order valence-corrected chi connectivity index (χ2v) is 3.55. The summed E-state index contributed by atoms with van der Waals surface area (Å²) in [5.74, 6) is -1.16. The maximum atomic E-state index is 11.6. The Morgan fingerprint density at radius 1 is 1.39 bits per heavy atom. The first-order valence-electron chi connectivity index (χ1n) is 5.45. The van der Waals surface area contributed by atoms with Crippen LogP contribution in [0, 0.1) is 0 Å². The summed E-state index contributed by atoms with van der Waals surface area (Å²) in [6.07, 6.45) is 0. The molecule has 0 aliphatic carbocycles. The van der Waals surface area contributed by atoms with E-state index >= 15 is 0 Å². The van der Waals surface area contributed by atoms with Gasteiger partial charge in [-0.05, 0) is 0 Å². The number of carboxylic acids is 1. The number of rotatable bonds is 9. The van der Waals surface area contributed by atoms with E-state index in [-0.39, 0.29) is 26.4 Å². The molecule has 0 aliphatic rings. The number of aliphatic carboxylic acids is 1. The van der Waals surface area contributed by atoms with Gasteiger partial charge in [-0.1, -0.05) is 0 Å². The average molecular weight is 264 g/mol. The van der Waals surface area contributed by atoms with E-state index in [0.717, 1.165) is 0 Å². The van der Waals surface area contributed by atoms with Gasteiger partial charge in [0.25, 0.3) is 0 Å². The zero-order valence-electron chi connectivity index (χ0n) is 10.6. The number of methoxy groups -OCH3 is 1. The monoisotopic (exact) mass is 264 g/mol. The summed E-state index contributed by atoms with van der Waals surface area (Å²) in [5, 5.41) is 19.6. The molecule has 0 aromatic carbocycles. The lowest BCUT2D eigenvalue weighted by atomic mass is 10.3. The molecule has 0 rings (SSSR count). The second-order valence-electron chi connectivity index (χ2n) is 3.55. The molecule has 1 atom stereocenters. The lowest BCUT2D eigenvalue weighted by Gasteiger charge is -2.20. The van der Waals surface area contributed by atoms with Gasteiger partial charge in [0, 0.05) is 20.7 Å². The highest BCUT2D eigenvalue weighted by Crippen LogP contribution is 1.91.